The molecule has 1 aromatic heterocycles. The fourth-order valence-corrected chi connectivity index (χ4v) is 4.39. The third kappa shape index (κ3) is 3.92. The summed E-state index contributed by atoms with van der Waals surface area (Å²) in [4.78, 5) is 31.7. The number of hydrogen-bond acceptors (Lipinski definition) is 7. The van der Waals surface area contributed by atoms with Crippen molar-refractivity contribution in [3.05, 3.63) is 33.9 Å². The number of nitrogens with zero attached hydrogens (tertiary/aromatic N) is 3. The Morgan fingerprint density at radius 3 is 2.73 bits per heavy atom. The lowest BCUT2D eigenvalue weighted by atomic mass is 9.87. The normalized spacial score (nSPS) is 22.1. The van der Waals surface area contributed by atoms with Crippen molar-refractivity contribution in [2.24, 2.45) is 5.16 Å². The number of methoxy groups -OCH3 is 1. The molecule has 1 saturated heterocycles. The smallest absolute Gasteiger partial charge is 0.341 e. The van der Waals surface area contributed by atoms with Crippen LogP contribution in [0, 0.1) is 5.82 Å². The van der Waals surface area contributed by atoms with Crippen LogP contribution in [0.2, 0.25) is 0 Å². The highest BCUT2D eigenvalue weighted by Crippen LogP contribution is 2.44. The van der Waals surface area contributed by atoms with Crippen molar-refractivity contribution in [2.45, 2.75) is 44.7 Å². The molecule has 1 saturated carbocycles. The van der Waals surface area contributed by atoms with E-state index in [1.165, 1.54) is 13.3 Å². The van der Waals surface area contributed by atoms with Crippen LogP contribution in [-0.2, 0) is 4.84 Å². The molecule has 10 heteroatoms. The number of piperidine rings is 1. The van der Waals surface area contributed by atoms with Crippen LogP contribution in [0.4, 0.5) is 10.1 Å². The molecule has 33 heavy (non-hydrogen) atoms. The molecule has 1 atom stereocenters. The third-order valence-electron chi connectivity index (χ3n) is 6.60. The number of oxime groups is 1. The maximum atomic E-state index is 15.6. The van der Waals surface area contributed by atoms with Gasteiger partial charge in [0, 0.05) is 18.8 Å². The van der Waals surface area contributed by atoms with Crippen LogP contribution in [0.5, 0.6) is 5.75 Å². The Morgan fingerprint density at radius 1 is 1.42 bits per heavy atom. The molecule has 0 spiro atoms. The number of aromatic carboxylic acids is 1. The second-order valence-corrected chi connectivity index (χ2v) is 8.66. The highest BCUT2D eigenvalue weighted by molar-refractivity contribution is 6.00. The van der Waals surface area contributed by atoms with E-state index in [0.717, 1.165) is 24.6 Å². The van der Waals surface area contributed by atoms with E-state index in [4.69, 9.17) is 9.57 Å². The Labute approximate surface area is 190 Å². The molecule has 2 aliphatic rings. The second-order valence-electron chi connectivity index (χ2n) is 8.66. The molecule has 1 aliphatic carbocycles. The number of hydrogen-bond donors (Lipinski definition) is 2. The molecule has 0 amide bonds. The first-order chi connectivity index (χ1) is 15.8. The van der Waals surface area contributed by atoms with Gasteiger partial charge in [-0.3, -0.25) is 4.79 Å². The highest BCUT2D eigenvalue weighted by atomic mass is 19.1. The summed E-state index contributed by atoms with van der Waals surface area (Å²) in [5, 5.41) is 17.1. The van der Waals surface area contributed by atoms with E-state index in [1.807, 2.05) is 25.8 Å². The standard InChI is InChI=1S/C23H29FN4O5/c1-5-33-26-17-12-27(9-8-23(17,2)25-3)19-16(24)10-14-18(21(19)32-4)28(13-6-7-13)11-15(20(14)29)22(30)31/h10-11,13,25H,5-9,12H2,1-4H3,(H,30,31)/b26-17+. The molecule has 1 aliphatic heterocycles. The van der Waals surface area contributed by atoms with E-state index in [2.05, 4.69) is 10.5 Å². The number of fused-ring (bicyclic) bond motifs is 1. The summed E-state index contributed by atoms with van der Waals surface area (Å²) in [6, 6.07) is 1.17. The van der Waals surface area contributed by atoms with Gasteiger partial charge >= 0.3 is 5.97 Å². The Hall–Kier alpha value is -3.14. The molecule has 2 heterocycles. The monoisotopic (exact) mass is 460 g/mol. The van der Waals surface area contributed by atoms with Crippen LogP contribution in [0.15, 0.2) is 22.2 Å². The van der Waals surface area contributed by atoms with Gasteiger partial charge in [0.25, 0.3) is 0 Å². The van der Waals surface area contributed by atoms with Crippen molar-refractivity contribution in [3.8, 4) is 5.75 Å². The largest absolute Gasteiger partial charge is 0.492 e. The fourth-order valence-electron chi connectivity index (χ4n) is 4.39. The lowest BCUT2D eigenvalue weighted by Gasteiger charge is -2.41. The van der Waals surface area contributed by atoms with Crippen LogP contribution in [0.3, 0.4) is 0 Å². The van der Waals surface area contributed by atoms with Gasteiger partial charge < -0.3 is 29.5 Å². The lowest BCUT2D eigenvalue weighted by Crippen LogP contribution is -2.58. The molecule has 0 bridgehead atoms. The summed E-state index contributed by atoms with van der Waals surface area (Å²) in [7, 11) is 3.28. The Morgan fingerprint density at radius 2 is 2.15 bits per heavy atom. The molecular formula is C23H29FN4O5. The summed E-state index contributed by atoms with van der Waals surface area (Å²) in [5.74, 6) is -1.76. The first kappa shape index (κ1) is 23.0. The minimum Gasteiger partial charge on any atom is -0.492 e. The van der Waals surface area contributed by atoms with Crippen molar-refractivity contribution in [1.82, 2.24) is 9.88 Å². The summed E-state index contributed by atoms with van der Waals surface area (Å²) in [5.41, 5.74) is -0.143. The summed E-state index contributed by atoms with van der Waals surface area (Å²) < 4.78 is 23.0. The number of carbonyl (C=O) groups is 1. The van der Waals surface area contributed by atoms with E-state index in [-0.39, 0.29) is 28.4 Å². The van der Waals surface area contributed by atoms with Gasteiger partial charge in [-0.05, 0) is 46.2 Å². The van der Waals surface area contributed by atoms with Gasteiger partial charge in [-0.1, -0.05) is 5.16 Å². The van der Waals surface area contributed by atoms with Crippen LogP contribution in [0.25, 0.3) is 10.9 Å². The van der Waals surface area contributed by atoms with Crippen LogP contribution in [0.1, 0.15) is 49.5 Å². The number of benzene rings is 1. The van der Waals surface area contributed by atoms with Crippen molar-refractivity contribution >= 4 is 28.3 Å². The summed E-state index contributed by atoms with van der Waals surface area (Å²) in [6.07, 6.45) is 3.69. The number of anilines is 1. The van der Waals surface area contributed by atoms with Gasteiger partial charge in [0.15, 0.2) is 11.6 Å². The molecule has 1 aromatic carbocycles. The maximum absolute atomic E-state index is 15.6. The van der Waals surface area contributed by atoms with E-state index in [9.17, 15) is 14.7 Å². The first-order valence-corrected chi connectivity index (χ1v) is 11.1. The number of carboxylic acid groups (broad SMARTS) is 1. The van der Waals surface area contributed by atoms with Crippen molar-refractivity contribution < 1.29 is 23.9 Å². The van der Waals surface area contributed by atoms with Crippen LogP contribution in [-0.4, -0.2) is 60.7 Å². The highest BCUT2D eigenvalue weighted by Gasteiger charge is 2.38. The van der Waals surface area contributed by atoms with Crippen LogP contribution < -0.4 is 20.4 Å². The zero-order valence-corrected chi connectivity index (χ0v) is 19.3. The number of pyridine rings is 1. The van der Waals surface area contributed by atoms with Crippen LogP contribution >= 0.6 is 0 Å². The molecule has 2 fully saturated rings. The molecule has 2 N–H and O–H groups in total. The molecule has 2 aromatic rings. The fraction of sp³-hybridized carbons (Fsp3) is 0.522. The predicted octanol–water partition coefficient (Wildman–Crippen LogP) is 2.76. The average Bonchev–Trinajstić information content (AvgIpc) is 3.63. The van der Waals surface area contributed by atoms with Gasteiger partial charge in [0.1, 0.15) is 17.9 Å². The lowest BCUT2D eigenvalue weighted by molar-refractivity contribution is 0.0694. The first-order valence-electron chi connectivity index (χ1n) is 11.1. The SMILES string of the molecule is CCO/N=C1\CN(c2c(F)cc3c(=O)c(C(=O)O)cn(C4CC4)c3c2OC)CCC1(C)NC. The maximum Gasteiger partial charge on any atom is 0.341 e. The molecule has 4 rings (SSSR count). The van der Waals surface area contributed by atoms with Crippen molar-refractivity contribution in [3.63, 3.8) is 0 Å². The zero-order chi connectivity index (χ0) is 23.9. The van der Waals surface area contributed by atoms with Gasteiger partial charge in [-0.15, -0.1) is 0 Å². The number of aromatic nitrogens is 1. The second kappa shape index (κ2) is 8.66. The Balaban J connectivity index is 1.91. The number of halogens is 1. The van der Waals surface area contributed by atoms with Gasteiger partial charge in [-0.25, -0.2) is 9.18 Å². The van der Waals surface area contributed by atoms with Crippen molar-refractivity contribution in [2.75, 3.05) is 38.8 Å². The van der Waals surface area contributed by atoms with Gasteiger partial charge in [-0.2, -0.15) is 0 Å². The number of carboxylic acids is 1. The quantitative estimate of drug-likeness (QED) is 0.612. The zero-order valence-electron chi connectivity index (χ0n) is 19.3. The van der Waals surface area contributed by atoms with E-state index in [1.54, 1.807) is 4.57 Å². The summed E-state index contributed by atoms with van der Waals surface area (Å²) in [6.45, 7) is 5.10. The number of nitrogens with one attached hydrogen (secondary N) is 1. The van der Waals surface area contributed by atoms with Gasteiger partial charge in [0.2, 0.25) is 5.43 Å². The van der Waals surface area contributed by atoms with E-state index >= 15 is 4.39 Å². The van der Waals surface area contributed by atoms with Crippen molar-refractivity contribution in [1.29, 1.82) is 0 Å². The Kier molecular flexibility index (Phi) is 6.04. The molecule has 178 valence electrons. The van der Waals surface area contributed by atoms with E-state index < -0.39 is 22.8 Å². The minimum atomic E-state index is -1.33. The molecule has 9 nitrogen and oxygen atoms in total. The Bertz CT molecular complexity index is 1190. The molecule has 1 unspecified atom stereocenters. The summed E-state index contributed by atoms with van der Waals surface area (Å²) >= 11 is 0. The molecule has 0 radical (unpaired) electrons. The number of rotatable bonds is 7. The topological polar surface area (TPSA) is 105 Å². The third-order valence-corrected chi connectivity index (χ3v) is 6.60. The van der Waals surface area contributed by atoms with Gasteiger partial charge in [0.05, 0.1) is 35.8 Å². The molecular weight excluding hydrogens is 431 g/mol. The predicted molar refractivity (Wildman–Crippen MR) is 123 cm³/mol. The number of ether oxygens (including phenoxy) is 1. The average molecular weight is 461 g/mol. The van der Waals surface area contributed by atoms with E-state index in [0.29, 0.717) is 31.6 Å². The minimum absolute atomic E-state index is 0.000166.